The first-order chi connectivity index (χ1) is 16.5. The smallest absolute Gasteiger partial charge is 0.408 e. The third-order valence-electron chi connectivity index (χ3n) is 6.32. The van der Waals surface area contributed by atoms with E-state index in [4.69, 9.17) is 9.47 Å². The minimum atomic E-state index is -1.28. The van der Waals surface area contributed by atoms with Crippen LogP contribution in [-0.4, -0.2) is 70.5 Å². The number of rotatable bonds is 3. The van der Waals surface area contributed by atoms with E-state index in [2.05, 4.69) is 10.3 Å². The van der Waals surface area contributed by atoms with Crippen LogP contribution in [0, 0.1) is 5.92 Å². The number of alkyl carbamates (subject to hydrolysis) is 1. The molecule has 3 aliphatic rings. The summed E-state index contributed by atoms with van der Waals surface area (Å²) in [6, 6.07) is -1.50. The number of allylic oxidation sites excluding steroid dienone is 2. The number of aliphatic hydroxyl groups excluding tert-OH is 1. The summed E-state index contributed by atoms with van der Waals surface area (Å²) in [5.41, 5.74) is 1.43. The molecule has 0 aromatic carbocycles. The lowest BCUT2D eigenvalue weighted by Gasteiger charge is -2.29. The van der Waals surface area contributed by atoms with Gasteiger partial charge in [0.15, 0.2) is 5.78 Å². The van der Waals surface area contributed by atoms with E-state index in [1.54, 1.807) is 33.9 Å². The molecule has 0 unspecified atom stereocenters. The molecule has 194 valence electrons. The molecule has 0 aromatic heterocycles. The maximum Gasteiger partial charge on any atom is 0.408 e. The zero-order valence-corrected chi connectivity index (χ0v) is 21.0. The summed E-state index contributed by atoms with van der Waals surface area (Å²) in [7, 11) is 0. The molecule has 35 heavy (non-hydrogen) atoms. The summed E-state index contributed by atoms with van der Waals surface area (Å²) in [6.45, 7) is 7.12. The number of aliphatic hydroxyl groups is 1. The molecule has 3 rings (SSSR count). The van der Waals surface area contributed by atoms with Crippen molar-refractivity contribution in [3.63, 3.8) is 0 Å². The van der Waals surface area contributed by atoms with Crippen LogP contribution in [0.3, 0.4) is 0 Å². The Kier molecular flexibility index (Phi) is 8.69. The molecule has 0 radical (unpaired) electrons. The van der Waals surface area contributed by atoms with Crippen molar-refractivity contribution in [2.75, 3.05) is 6.61 Å². The molecular weight excluding hydrogens is 454 g/mol. The van der Waals surface area contributed by atoms with Crippen molar-refractivity contribution >= 4 is 30.0 Å². The first kappa shape index (κ1) is 26.8. The normalized spacial score (nSPS) is 28.9. The third-order valence-corrected chi connectivity index (χ3v) is 6.32. The molecule has 0 saturated carbocycles. The van der Waals surface area contributed by atoms with Gasteiger partial charge in [0.25, 0.3) is 0 Å². The second-order valence-corrected chi connectivity index (χ2v) is 10.3. The van der Waals surface area contributed by atoms with Gasteiger partial charge in [-0.25, -0.2) is 4.79 Å². The van der Waals surface area contributed by atoms with Crippen LogP contribution in [0.15, 0.2) is 16.3 Å². The van der Waals surface area contributed by atoms with Crippen molar-refractivity contribution < 1.29 is 33.8 Å². The van der Waals surface area contributed by atoms with Crippen LogP contribution in [0.25, 0.3) is 0 Å². The van der Waals surface area contributed by atoms with Crippen LogP contribution in [0.5, 0.6) is 0 Å². The van der Waals surface area contributed by atoms with Crippen LogP contribution in [0.2, 0.25) is 0 Å². The standard InChI is InChI=1S/C25H37N3O7/c1-5-34-23(32)16-13-22(31)28-19(16)14-26-18-12-15(18)8-6-7-9-17(20(29)10-11-21(28)30)27-24(33)35-25(2,3)4/h14,16-17,19,21,30H,5-13H2,1-4H3,(H,27,33)/b26-14-/t16-,17-,19+,21-/m0/s1. The van der Waals surface area contributed by atoms with Crippen molar-refractivity contribution in [3.05, 3.63) is 11.3 Å². The fourth-order valence-corrected chi connectivity index (χ4v) is 4.52. The van der Waals surface area contributed by atoms with Gasteiger partial charge in [-0.3, -0.25) is 19.4 Å². The second-order valence-electron chi connectivity index (χ2n) is 10.3. The maximum absolute atomic E-state index is 13.0. The van der Waals surface area contributed by atoms with E-state index < -0.39 is 47.8 Å². The molecule has 0 spiro atoms. The average Bonchev–Trinajstić information content (AvgIpc) is 3.42. The van der Waals surface area contributed by atoms with Gasteiger partial charge in [-0.2, -0.15) is 0 Å². The van der Waals surface area contributed by atoms with Crippen LogP contribution in [0.4, 0.5) is 4.79 Å². The molecule has 1 saturated heterocycles. The Labute approximate surface area is 206 Å². The van der Waals surface area contributed by atoms with Crippen LogP contribution in [0.1, 0.15) is 79.1 Å². The van der Waals surface area contributed by atoms with Crippen molar-refractivity contribution in [2.45, 2.75) is 103 Å². The molecule has 0 bridgehead atoms. The summed E-state index contributed by atoms with van der Waals surface area (Å²) in [6.07, 6.45) is 3.09. The molecule has 4 atom stereocenters. The van der Waals surface area contributed by atoms with E-state index in [1.165, 1.54) is 10.5 Å². The molecule has 10 heteroatoms. The lowest BCUT2D eigenvalue weighted by atomic mass is 9.99. The highest BCUT2D eigenvalue weighted by Gasteiger charge is 2.46. The monoisotopic (exact) mass is 491 g/mol. The van der Waals surface area contributed by atoms with Crippen LogP contribution >= 0.6 is 0 Å². The minimum Gasteiger partial charge on any atom is -0.466 e. The summed E-state index contributed by atoms with van der Waals surface area (Å²) in [5.74, 6) is -1.91. The van der Waals surface area contributed by atoms with Gasteiger partial charge in [0.1, 0.15) is 11.8 Å². The minimum absolute atomic E-state index is 0.0229. The van der Waals surface area contributed by atoms with Crippen molar-refractivity contribution in [3.8, 4) is 0 Å². The van der Waals surface area contributed by atoms with Gasteiger partial charge in [0, 0.05) is 31.2 Å². The number of hydrogen-bond donors (Lipinski definition) is 2. The number of esters is 1. The first-order valence-corrected chi connectivity index (χ1v) is 12.4. The number of hydrogen-bond acceptors (Lipinski definition) is 8. The molecule has 10 nitrogen and oxygen atoms in total. The predicted molar refractivity (Wildman–Crippen MR) is 127 cm³/mol. The van der Waals surface area contributed by atoms with Crippen LogP contribution in [-0.2, 0) is 23.9 Å². The van der Waals surface area contributed by atoms with Crippen LogP contribution < -0.4 is 5.32 Å². The number of carbonyl (C=O) groups is 4. The largest absolute Gasteiger partial charge is 0.466 e. The van der Waals surface area contributed by atoms with E-state index in [0.29, 0.717) is 6.42 Å². The van der Waals surface area contributed by atoms with Gasteiger partial charge in [-0.1, -0.05) is 6.42 Å². The molecule has 2 N–H and O–H groups in total. The summed E-state index contributed by atoms with van der Waals surface area (Å²) in [4.78, 5) is 56.3. The van der Waals surface area contributed by atoms with Gasteiger partial charge >= 0.3 is 12.1 Å². The Morgan fingerprint density at radius 1 is 1.20 bits per heavy atom. The highest BCUT2D eigenvalue weighted by atomic mass is 16.6. The molecule has 1 fully saturated rings. The number of Topliss-reactive ketones (excluding diaryl/α,β-unsaturated/α-hetero) is 1. The highest BCUT2D eigenvalue weighted by molar-refractivity contribution is 5.94. The van der Waals surface area contributed by atoms with E-state index in [1.807, 2.05) is 0 Å². The molecule has 0 aromatic rings. The Hall–Kier alpha value is -2.75. The van der Waals surface area contributed by atoms with E-state index in [9.17, 15) is 24.3 Å². The van der Waals surface area contributed by atoms with Gasteiger partial charge in [-0.05, 0) is 59.0 Å². The Morgan fingerprint density at radius 2 is 1.94 bits per heavy atom. The molecule has 2 aliphatic heterocycles. The van der Waals surface area contributed by atoms with Crippen molar-refractivity contribution in [2.24, 2.45) is 10.9 Å². The summed E-state index contributed by atoms with van der Waals surface area (Å²) < 4.78 is 10.5. The van der Waals surface area contributed by atoms with E-state index in [-0.39, 0.29) is 31.7 Å². The molecule has 1 aliphatic carbocycles. The lowest BCUT2D eigenvalue weighted by Crippen LogP contribution is -2.47. The first-order valence-electron chi connectivity index (χ1n) is 12.4. The third kappa shape index (κ3) is 7.37. The fourth-order valence-electron chi connectivity index (χ4n) is 4.52. The number of fused-ring (bicyclic) bond motifs is 1. The number of nitrogens with zero attached hydrogens (tertiary/aromatic N) is 2. The molecule has 2 heterocycles. The zero-order chi connectivity index (χ0) is 25.8. The predicted octanol–water partition coefficient (Wildman–Crippen LogP) is 2.63. The average molecular weight is 492 g/mol. The van der Waals surface area contributed by atoms with E-state index in [0.717, 1.165) is 31.4 Å². The molecular formula is C25H37N3O7. The molecule has 2 amide bonds. The van der Waals surface area contributed by atoms with E-state index >= 15 is 0 Å². The summed E-state index contributed by atoms with van der Waals surface area (Å²) >= 11 is 0. The van der Waals surface area contributed by atoms with Crippen molar-refractivity contribution in [1.29, 1.82) is 0 Å². The Bertz CT molecular complexity index is 905. The topological polar surface area (TPSA) is 135 Å². The highest BCUT2D eigenvalue weighted by Crippen LogP contribution is 2.37. The number of ether oxygens (including phenoxy) is 2. The second kappa shape index (κ2) is 11.3. The Balaban J connectivity index is 1.78. The fraction of sp³-hybridized carbons (Fsp3) is 0.720. The Morgan fingerprint density at radius 3 is 2.63 bits per heavy atom. The lowest BCUT2D eigenvalue weighted by molar-refractivity contribution is -0.148. The van der Waals surface area contributed by atoms with Gasteiger partial charge in [-0.15, -0.1) is 0 Å². The van der Waals surface area contributed by atoms with Gasteiger partial charge in [0.05, 0.1) is 24.6 Å². The number of nitrogens with one attached hydrogen (secondary N) is 1. The zero-order valence-electron chi connectivity index (χ0n) is 21.0. The van der Waals surface area contributed by atoms with Crippen molar-refractivity contribution in [1.82, 2.24) is 10.2 Å². The number of amides is 2. The number of carbonyl (C=O) groups excluding carboxylic acids is 4. The quantitative estimate of drug-likeness (QED) is 0.580. The van der Waals surface area contributed by atoms with Gasteiger partial charge < -0.3 is 24.8 Å². The SMILES string of the molecule is CCOC(=O)[C@H]1CC(=O)N2[C@@H]1/C=N\C1=C(CCCC[C@H](NC(=O)OC(C)(C)C)C(=O)CC[C@@H]2O)C1. The number of aliphatic imine (C=N–C) groups is 1. The number of ketones is 1. The summed E-state index contributed by atoms with van der Waals surface area (Å²) in [5, 5.41) is 13.5. The maximum atomic E-state index is 13.0. The van der Waals surface area contributed by atoms with Gasteiger partial charge in [0.2, 0.25) is 5.91 Å².